The number of fused-ring (bicyclic) bond motifs is 10. The first-order chi connectivity index (χ1) is 58.2. The molecule has 0 atom stereocenters. The van der Waals surface area contributed by atoms with Crippen molar-refractivity contribution < 1.29 is 23.9 Å². The molecular formula is C68H71N45O5. The van der Waals surface area contributed by atoms with Crippen LogP contribution in [0.1, 0.15) is 172 Å². The zero-order valence-corrected chi connectivity index (χ0v) is 63.9. The molecule has 1 aliphatic rings. The Morgan fingerprint density at radius 1 is 0.237 bits per heavy atom. The summed E-state index contributed by atoms with van der Waals surface area (Å²) in [5.74, 6) is 1.06. The minimum Gasteiger partial charge on any atom is -0.497 e. The van der Waals surface area contributed by atoms with Crippen molar-refractivity contribution in [1.82, 2.24) is 0 Å². The van der Waals surface area contributed by atoms with Gasteiger partial charge >= 0.3 is 0 Å². The molecule has 50 nitrogen and oxygen atoms in total. The third-order valence-electron chi connectivity index (χ3n) is 15.0. The van der Waals surface area contributed by atoms with Crippen LogP contribution in [0.25, 0.3) is 58.2 Å². The van der Waals surface area contributed by atoms with Crippen molar-refractivity contribution in [2.45, 2.75) is 117 Å². The van der Waals surface area contributed by atoms with Crippen LogP contribution < -0.4 is 23.9 Å². The second-order valence-electron chi connectivity index (χ2n) is 23.1. The molecule has 0 saturated carbocycles. The number of rotatable bonds is 43. The summed E-state index contributed by atoms with van der Waals surface area (Å²) in [4.78, 5) is 11.4. The normalized spacial score (nSPS) is 15.6. The molecule has 0 fully saturated rings. The van der Waals surface area contributed by atoms with Crippen molar-refractivity contribution >= 4 is 58.2 Å². The zero-order valence-electron chi connectivity index (χ0n) is 63.9. The van der Waals surface area contributed by atoms with Crippen molar-refractivity contribution in [2.75, 3.05) is 34.4 Å². The number of unbranched alkanes of at least 4 members (excludes halogenated alkanes) is 14. The summed E-state index contributed by atoms with van der Waals surface area (Å²) in [6.07, 6.45) is 25.0. The number of benzene rings is 5. The maximum Gasteiger partial charge on any atom is 0.161 e. The standard InChI is InChI=1S/C68H71N45O5/c1-6-8-10-12-14-16-18-20-22-115-65-35-50-25-55(40-65)60(45-70)29-49-24-54(39-64(34-49)114-5)59(44-69)32-52-27-58(43-67(37-52)117-112-110-108-106-104-102-100-98-96-94-92-90-88-86-84-82-80-78-76-74-3)63(48-73)33-53-28-57(42-68(38-53)118-113-111-109-107-105-103-101-99-97-95-93-91-89-87-85-83-81-79-77-75-4)62(47-72)31-51-26-56(61(30-50)46-71)41-66(36-51)116-23-21-19-17-15-13-11-9-7-2/h24-43H,6-23H2,1-5H3/b59-32+,60-29+,61-30+,62-31+,63-33+,76-74?,77-75?,80-78?,81-79?,84-82?,85-83?,88-86?,89-87?,92-90?,93-91?,96-94?,97-95?,100-98?,101-99?,104-102?,105-103?,108-106?,109-107?,112-110?,113-111?. The molecule has 0 radical (unpaired) electrons. The maximum atomic E-state index is 11.2. The lowest BCUT2D eigenvalue weighted by Gasteiger charge is -2.12. The minimum atomic E-state index is -0.0607. The molecule has 118 heavy (non-hydrogen) atoms. The van der Waals surface area contributed by atoms with E-state index in [-0.39, 0.29) is 61.6 Å². The summed E-state index contributed by atoms with van der Waals surface area (Å²) < 4.78 is 18.7. The average molecular weight is 1600 g/mol. The van der Waals surface area contributed by atoms with Gasteiger partial charge in [-0.05, 0) is 273 Å². The van der Waals surface area contributed by atoms with Crippen LogP contribution >= 0.6 is 0 Å². The second-order valence-corrected chi connectivity index (χ2v) is 23.1. The summed E-state index contributed by atoms with van der Waals surface area (Å²) in [6, 6.07) is 36.1. The summed E-state index contributed by atoms with van der Waals surface area (Å²) in [5, 5.41) is 185. The molecule has 0 spiro atoms. The van der Waals surface area contributed by atoms with Crippen molar-refractivity contribution in [3.63, 3.8) is 0 Å². The van der Waals surface area contributed by atoms with Gasteiger partial charge in [0.2, 0.25) is 0 Å². The Labute approximate surface area is 671 Å². The zero-order chi connectivity index (χ0) is 83.8. The highest BCUT2D eigenvalue weighted by atomic mass is 16.6. The van der Waals surface area contributed by atoms with E-state index in [9.17, 15) is 26.3 Å². The van der Waals surface area contributed by atoms with E-state index in [0.717, 1.165) is 70.6 Å². The summed E-state index contributed by atoms with van der Waals surface area (Å²) >= 11 is 0. The predicted molar refractivity (Wildman–Crippen MR) is 413 cm³/mol. The molecule has 0 aliphatic heterocycles. The smallest absolute Gasteiger partial charge is 0.161 e. The van der Waals surface area contributed by atoms with Gasteiger partial charge in [-0.2, -0.15) is 36.5 Å². The number of hydrogen-bond donors (Lipinski definition) is 0. The third-order valence-corrected chi connectivity index (χ3v) is 15.0. The van der Waals surface area contributed by atoms with Gasteiger partial charge in [0.25, 0.3) is 0 Å². The quantitative estimate of drug-likeness (QED) is 0.0202. The van der Waals surface area contributed by atoms with Gasteiger partial charge in [0.1, 0.15) is 17.2 Å². The average Bonchev–Trinajstić information content (AvgIpc) is 0.903. The van der Waals surface area contributed by atoms with Gasteiger partial charge in [0, 0.05) is 104 Å². The molecule has 1 aliphatic carbocycles. The topological polar surface area (TPSA) is 660 Å². The van der Waals surface area contributed by atoms with Crippen LogP contribution in [0.5, 0.6) is 28.7 Å². The van der Waals surface area contributed by atoms with Crippen LogP contribution in [-0.2, 0) is 0 Å². The predicted octanol–water partition coefficient (Wildman–Crippen LogP) is 24.7. The van der Waals surface area contributed by atoms with Gasteiger partial charge in [-0.1, -0.05) is 104 Å². The van der Waals surface area contributed by atoms with Crippen LogP contribution in [0.2, 0.25) is 0 Å². The van der Waals surface area contributed by atoms with Gasteiger partial charge in [0.05, 0.1) is 103 Å². The number of ether oxygens (including phenoxy) is 3. The Kier molecular flexibility index (Phi) is 43.8. The Balaban J connectivity index is 1.50. The van der Waals surface area contributed by atoms with E-state index in [1.54, 1.807) is 85.0 Å². The monoisotopic (exact) mass is 1600 g/mol. The van der Waals surface area contributed by atoms with E-state index < -0.39 is 0 Å². The first kappa shape index (κ1) is 90.1. The fourth-order valence-corrected chi connectivity index (χ4v) is 10.1. The second kappa shape index (κ2) is 57.3. The molecule has 50 heteroatoms. The Bertz CT molecular complexity index is 5160. The van der Waals surface area contributed by atoms with Gasteiger partial charge in [0.15, 0.2) is 11.5 Å². The minimum absolute atomic E-state index is 0.0378. The number of allylic oxidation sites excluding steroid dienone is 5. The van der Waals surface area contributed by atoms with Crippen molar-refractivity contribution in [3.8, 4) is 59.1 Å². The third kappa shape index (κ3) is 36.8. The number of hydrogen-bond acceptors (Lipinski definition) is 14. The lowest BCUT2D eigenvalue weighted by atomic mass is 9.96. The van der Waals surface area contributed by atoms with Crippen LogP contribution in [-0.4, -0.2) is 34.4 Å². The van der Waals surface area contributed by atoms with Crippen LogP contribution in [0, 0.1) is 56.7 Å². The molecule has 0 amide bonds. The first-order valence-corrected chi connectivity index (χ1v) is 35.4. The molecule has 0 N–H and O–H groups in total. The molecular weight excluding hydrogens is 1530 g/mol. The van der Waals surface area contributed by atoms with Gasteiger partial charge < -0.3 is 23.9 Å². The lowest BCUT2D eigenvalue weighted by Crippen LogP contribution is -1.99. The van der Waals surface area contributed by atoms with E-state index in [0.29, 0.717) is 63.8 Å². The Morgan fingerprint density at radius 2 is 0.441 bits per heavy atom. The van der Waals surface area contributed by atoms with Crippen LogP contribution in [0.15, 0.2) is 300 Å². The summed E-state index contributed by atoms with van der Waals surface area (Å²) in [7, 11) is 4.20. The van der Waals surface area contributed by atoms with E-state index in [1.165, 1.54) is 89.7 Å². The summed E-state index contributed by atoms with van der Waals surface area (Å²) in [5.41, 5.74) is 4.02. The lowest BCUT2D eigenvalue weighted by molar-refractivity contribution is 0.303. The molecule has 10 bridgehead atoms. The molecule has 5 aromatic carbocycles. The van der Waals surface area contributed by atoms with Crippen molar-refractivity contribution in [3.05, 3.63) is 147 Å². The van der Waals surface area contributed by atoms with Crippen molar-refractivity contribution in [1.29, 1.82) is 26.3 Å². The molecule has 598 valence electrons. The van der Waals surface area contributed by atoms with E-state index >= 15 is 0 Å². The molecule has 0 saturated heterocycles. The number of nitriles is 5. The number of nitrogens with zero attached hydrogens (tertiary/aromatic N) is 45. The molecule has 0 aromatic heterocycles. The molecule has 0 heterocycles. The fraction of sp³-hybridized carbons (Fsp3) is 0.338. The van der Waals surface area contributed by atoms with E-state index in [1.807, 2.05) is 0 Å². The SMILES string of the molecule is CCCCCCCCCCOc1cc2cc(c1)/C(C#N)=C/c1cc(OC)cc(c1)/C(C#N)=C/c1cc(ON=NN=NN=NN=NN=NN=NN=NN=NN=NN=NC)cc(c1)/C(C#N)=C/c1cc(ON=NN=NN=NN=NN=NN=NN=NN=NN=NN=NC)cc(c1)/C(C#N)=C/c1cc(OCCCCCCCCCC)cc(c1)/C(C#N)=C/2. The molecule has 0 unspecified atom stereocenters. The fourth-order valence-electron chi connectivity index (χ4n) is 10.1. The molecule has 6 rings (SSSR count). The van der Waals surface area contributed by atoms with Gasteiger partial charge in [-0.15, -0.1) is 0 Å². The van der Waals surface area contributed by atoms with E-state index in [2.05, 4.69) is 253 Å². The van der Waals surface area contributed by atoms with Crippen LogP contribution in [0.4, 0.5) is 0 Å². The highest BCUT2D eigenvalue weighted by Gasteiger charge is 2.17. The number of methoxy groups -OCH3 is 1. The first-order valence-electron chi connectivity index (χ1n) is 35.4. The Hall–Kier alpha value is -16.7. The van der Waals surface area contributed by atoms with Crippen molar-refractivity contribution in [2.24, 2.45) is 209 Å². The largest absolute Gasteiger partial charge is 0.497 e. The Morgan fingerprint density at radius 3 is 0.678 bits per heavy atom. The maximum absolute atomic E-state index is 11.2. The van der Waals surface area contributed by atoms with E-state index in [4.69, 9.17) is 23.9 Å². The highest BCUT2D eigenvalue weighted by molar-refractivity contribution is 5.98. The van der Waals surface area contributed by atoms with Gasteiger partial charge in [-0.3, -0.25) is 0 Å². The van der Waals surface area contributed by atoms with Crippen LogP contribution in [0.3, 0.4) is 0 Å². The summed E-state index contributed by atoms with van der Waals surface area (Å²) in [6.45, 7) is 5.11. The highest BCUT2D eigenvalue weighted by Crippen LogP contribution is 2.36. The van der Waals surface area contributed by atoms with Gasteiger partial charge in [-0.25, -0.2) is 0 Å². The molecule has 5 aromatic rings.